The number of halogens is 1. The second-order valence-corrected chi connectivity index (χ2v) is 5.08. The van der Waals surface area contributed by atoms with Crippen molar-refractivity contribution in [2.24, 2.45) is 0 Å². The van der Waals surface area contributed by atoms with Gasteiger partial charge in [0.1, 0.15) is 6.10 Å². The van der Waals surface area contributed by atoms with Gasteiger partial charge in [-0.15, -0.1) is 0 Å². The molecule has 3 heterocycles. The second-order valence-electron chi connectivity index (χ2n) is 5.08. The van der Waals surface area contributed by atoms with Crippen molar-refractivity contribution in [3.8, 4) is 5.75 Å². The fourth-order valence-corrected chi connectivity index (χ4v) is 2.52. The van der Waals surface area contributed by atoms with Gasteiger partial charge in [-0.3, -0.25) is 9.88 Å². The van der Waals surface area contributed by atoms with Crippen LogP contribution in [0.5, 0.6) is 5.75 Å². The molecule has 0 amide bonds. The van der Waals surface area contributed by atoms with E-state index in [1.165, 1.54) is 6.20 Å². The van der Waals surface area contributed by atoms with E-state index >= 15 is 0 Å². The molecule has 104 valence electrons. The Morgan fingerprint density at radius 1 is 1.32 bits per heavy atom. The monoisotopic (exact) mass is 267 g/mol. The Morgan fingerprint density at radius 3 is 2.63 bits per heavy atom. The van der Waals surface area contributed by atoms with Gasteiger partial charge in [0.2, 0.25) is 0 Å². The predicted octanol–water partition coefficient (Wildman–Crippen LogP) is 1.04. The topological polar surface area (TPSA) is 60.6 Å². The molecule has 19 heavy (non-hydrogen) atoms. The lowest BCUT2D eigenvalue weighted by Gasteiger charge is -2.41. The molecular formula is C13H18FN3O2. The molecule has 2 N–H and O–H groups in total. The van der Waals surface area contributed by atoms with Crippen LogP contribution in [0.1, 0.15) is 12.8 Å². The van der Waals surface area contributed by atoms with Crippen molar-refractivity contribution in [3.05, 3.63) is 18.2 Å². The Hall–Kier alpha value is -1.40. The highest BCUT2D eigenvalue weighted by atomic mass is 19.1. The van der Waals surface area contributed by atoms with Crippen LogP contribution in [0.2, 0.25) is 0 Å². The molecule has 2 fully saturated rings. The first-order valence-electron chi connectivity index (χ1n) is 6.61. The predicted molar refractivity (Wildman–Crippen MR) is 68.4 cm³/mol. The molecule has 2 aliphatic heterocycles. The van der Waals surface area contributed by atoms with Crippen LogP contribution < -0.4 is 10.5 Å². The maximum Gasteiger partial charge on any atom is 0.185 e. The van der Waals surface area contributed by atoms with Gasteiger partial charge in [-0.1, -0.05) is 0 Å². The van der Waals surface area contributed by atoms with E-state index in [-0.39, 0.29) is 17.5 Å². The average molecular weight is 267 g/mol. The van der Waals surface area contributed by atoms with Crippen LogP contribution in [0.25, 0.3) is 0 Å². The third-order valence-electron chi connectivity index (χ3n) is 3.78. The van der Waals surface area contributed by atoms with E-state index in [1.807, 2.05) is 0 Å². The number of piperidine rings is 1. The zero-order chi connectivity index (χ0) is 13.2. The lowest BCUT2D eigenvalue weighted by atomic mass is 10.0. The zero-order valence-electron chi connectivity index (χ0n) is 10.7. The maximum atomic E-state index is 13.6. The molecule has 0 spiro atoms. The van der Waals surface area contributed by atoms with Gasteiger partial charge in [0.05, 0.1) is 37.3 Å². The summed E-state index contributed by atoms with van der Waals surface area (Å²) in [6.07, 6.45) is 4.35. The molecule has 6 heteroatoms. The Kier molecular flexibility index (Phi) is 3.52. The molecule has 0 aliphatic carbocycles. The lowest BCUT2D eigenvalue weighted by Crippen LogP contribution is -2.52. The molecule has 2 saturated heterocycles. The van der Waals surface area contributed by atoms with Crippen molar-refractivity contribution >= 4 is 5.69 Å². The van der Waals surface area contributed by atoms with E-state index in [1.54, 1.807) is 0 Å². The number of rotatable bonds is 3. The average Bonchev–Trinajstić information content (AvgIpc) is 2.34. The molecule has 0 bridgehead atoms. The largest absolute Gasteiger partial charge is 0.485 e. The second kappa shape index (κ2) is 5.30. The fraction of sp³-hybridized carbons (Fsp3) is 0.615. The van der Waals surface area contributed by atoms with E-state index in [4.69, 9.17) is 15.2 Å². The minimum atomic E-state index is -0.491. The summed E-state index contributed by atoms with van der Waals surface area (Å²) < 4.78 is 24.5. The number of nitrogen functional groups attached to an aromatic ring is 1. The SMILES string of the molecule is Nc1cncc(F)c1OC1CCN(C2COC2)CC1. The molecule has 0 atom stereocenters. The summed E-state index contributed by atoms with van der Waals surface area (Å²) in [5.41, 5.74) is 5.95. The normalized spacial score (nSPS) is 22.2. The molecule has 3 rings (SSSR count). The van der Waals surface area contributed by atoms with Gasteiger partial charge >= 0.3 is 0 Å². The standard InChI is InChI=1S/C13H18FN3O2/c14-11-5-16-6-12(15)13(11)19-10-1-3-17(4-2-10)9-7-18-8-9/h5-6,9-10H,1-4,7-8,15H2. The summed E-state index contributed by atoms with van der Waals surface area (Å²) in [5.74, 6) is -0.352. The fourth-order valence-electron chi connectivity index (χ4n) is 2.52. The van der Waals surface area contributed by atoms with Crippen LogP contribution in [0.4, 0.5) is 10.1 Å². The first-order valence-corrected chi connectivity index (χ1v) is 6.61. The molecule has 0 aromatic carbocycles. The molecule has 2 aliphatic rings. The molecule has 1 aromatic heterocycles. The number of hydrogen-bond acceptors (Lipinski definition) is 5. The van der Waals surface area contributed by atoms with Gasteiger partial charge in [-0.25, -0.2) is 4.39 Å². The summed E-state index contributed by atoms with van der Waals surface area (Å²) in [6.45, 7) is 3.59. The molecule has 0 unspecified atom stereocenters. The minimum Gasteiger partial charge on any atom is -0.485 e. The summed E-state index contributed by atoms with van der Waals surface area (Å²) in [5, 5.41) is 0. The van der Waals surface area contributed by atoms with Gasteiger partial charge in [0.25, 0.3) is 0 Å². The van der Waals surface area contributed by atoms with Gasteiger partial charge in [0.15, 0.2) is 11.6 Å². The van der Waals surface area contributed by atoms with Crippen LogP contribution in [0.15, 0.2) is 12.4 Å². The van der Waals surface area contributed by atoms with Crippen LogP contribution in [-0.4, -0.2) is 48.3 Å². The Balaban J connectivity index is 1.57. The number of anilines is 1. The number of pyridine rings is 1. The molecule has 1 aromatic rings. The van der Waals surface area contributed by atoms with Gasteiger partial charge < -0.3 is 15.2 Å². The van der Waals surface area contributed by atoms with Gasteiger partial charge in [-0.2, -0.15) is 0 Å². The first kappa shape index (κ1) is 12.6. The number of hydrogen-bond donors (Lipinski definition) is 1. The van der Waals surface area contributed by atoms with Crippen molar-refractivity contribution in [1.82, 2.24) is 9.88 Å². The number of likely N-dealkylation sites (tertiary alicyclic amines) is 1. The molecule has 0 radical (unpaired) electrons. The van der Waals surface area contributed by atoms with Gasteiger partial charge in [0, 0.05) is 13.1 Å². The van der Waals surface area contributed by atoms with Gasteiger partial charge in [-0.05, 0) is 12.8 Å². The minimum absolute atomic E-state index is 0.0245. The highest BCUT2D eigenvalue weighted by molar-refractivity contribution is 5.50. The lowest BCUT2D eigenvalue weighted by molar-refractivity contribution is -0.0779. The quantitative estimate of drug-likeness (QED) is 0.887. The van der Waals surface area contributed by atoms with E-state index in [0.29, 0.717) is 6.04 Å². The smallest absolute Gasteiger partial charge is 0.185 e. The summed E-state index contributed by atoms with van der Waals surface area (Å²) in [4.78, 5) is 6.10. The van der Waals surface area contributed by atoms with Crippen LogP contribution >= 0.6 is 0 Å². The number of ether oxygens (including phenoxy) is 2. The number of aromatic nitrogens is 1. The van der Waals surface area contributed by atoms with Crippen LogP contribution in [0.3, 0.4) is 0 Å². The summed E-state index contributed by atoms with van der Waals surface area (Å²) >= 11 is 0. The third-order valence-corrected chi connectivity index (χ3v) is 3.78. The Bertz CT molecular complexity index is 425. The van der Waals surface area contributed by atoms with E-state index in [9.17, 15) is 4.39 Å². The first-order chi connectivity index (χ1) is 9.24. The number of nitrogens with two attached hydrogens (primary N) is 1. The van der Waals surface area contributed by atoms with Crippen molar-refractivity contribution < 1.29 is 13.9 Å². The zero-order valence-corrected chi connectivity index (χ0v) is 10.7. The van der Waals surface area contributed by atoms with Crippen LogP contribution in [-0.2, 0) is 4.74 Å². The Labute approximate surface area is 111 Å². The Morgan fingerprint density at radius 2 is 2.05 bits per heavy atom. The summed E-state index contributed by atoms with van der Waals surface area (Å²) in [7, 11) is 0. The van der Waals surface area contributed by atoms with E-state index < -0.39 is 5.82 Å². The van der Waals surface area contributed by atoms with E-state index in [2.05, 4.69) is 9.88 Å². The highest BCUT2D eigenvalue weighted by Gasteiger charge is 2.30. The summed E-state index contributed by atoms with van der Waals surface area (Å²) in [6, 6.07) is 0.559. The van der Waals surface area contributed by atoms with Crippen molar-refractivity contribution in [2.45, 2.75) is 25.0 Å². The highest BCUT2D eigenvalue weighted by Crippen LogP contribution is 2.28. The van der Waals surface area contributed by atoms with E-state index in [0.717, 1.165) is 45.3 Å². The van der Waals surface area contributed by atoms with Crippen molar-refractivity contribution in [2.75, 3.05) is 32.0 Å². The third kappa shape index (κ3) is 2.64. The molecular weight excluding hydrogens is 249 g/mol. The molecule has 5 nitrogen and oxygen atoms in total. The van der Waals surface area contributed by atoms with Crippen LogP contribution in [0, 0.1) is 5.82 Å². The molecule has 0 saturated carbocycles. The number of nitrogens with zero attached hydrogens (tertiary/aromatic N) is 2. The van der Waals surface area contributed by atoms with Crippen molar-refractivity contribution in [1.29, 1.82) is 0 Å². The maximum absolute atomic E-state index is 13.6. The van der Waals surface area contributed by atoms with Crippen molar-refractivity contribution in [3.63, 3.8) is 0 Å².